The Morgan fingerprint density at radius 1 is 0.698 bits per heavy atom. The van der Waals surface area contributed by atoms with Crippen molar-refractivity contribution < 1.29 is 26.2 Å². The summed E-state index contributed by atoms with van der Waals surface area (Å²) < 4.78 is 0. The zero-order chi connectivity index (χ0) is 31.0. The Labute approximate surface area is 284 Å². The van der Waals surface area contributed by atoms with Gasteiger partial charge in [0.2, 0.25) is 0 Å². The molecule has 0 saturated carbocycles. The van der Waals surface area contributed by atoms with Crippen LogP contribution in [0.2, 0.25) is 0 Å². The van der Waals surface area contributed by atoms with E-state index in [9.17, 15) is 0 Å². The molecular weight excluding hydrogens is 610 g/mol. The number of nitrogens with zero attached hydrogens (tertiary/aromatic N) is 5. The predicted molar refractivity (Wildman–Crippen MR) is 183 cm³/mol. The summed E-state index contributed by atoms with van der Waals surface area (Å²) in [5.41, 5.74) is 15.3. The molecule has 8 heteroatoms. The van der Waals surface area contributed by atoms with Gasteiger partial charge in [-0.25, -0.2) is 0 Å². The van der Waals surface area contributed by atoms with Gasteiger partial charge in [0.05, 0.1) is 0 Å². The van der Waals surface area contributed by atoms with Crippen LogP contribution in [-0.2, 0) is 26.2 Å². The van der Waals surface area contributed by atoms with Gasteiger partial charge in [-0.2, -0.15) is 61.8 Å². The number of likely N-dealkylation sites (tertiary alicyclic amines) is 2. The number of rotatable bonds is 12. The van der Waals surface area contributed by atoms with E-state index in [0.29, 0.717) is 6.04 Å². The molecule has 2 aliphatic heterocycles. The number of hydrogen-bond acceptors (Lipinski definition) is 3. The first-order valence-electron chi connectivity index (χ1n) is 15.9. The van der Waals surface area contributed by atoms with Crippen LogP contribution in [-0.4, -0.2) is 73.7 Å². The molecule has 3 N–H and O–H groups in total. The normalized spacial score (nSPS) is 16.2. The Bertz CT molecular complexity index is 804. The summed E-state index contributed by atoms with van der Waals surface area (Å²) in [7, 11) is 0. The molecule has 0 spiro atoms. The fourth-order valence-electron chi connectivity index (χ4n) is 4.45. The summed E-state index contributed by atoms with van der Waals surface area (Å²) in [4.78, 5) is 4.53. The van der Waals surface area contributed by atoms with E-state index in [2.05, 4.69) is 42.8 Å². The average Bonchev–Trinajstić information content (AvgIpc) is 3.69. The minimum Gasteiger partial charge on any atom is -0.681 e. The van der Waals surface area contributed by atoms with Crippen molar-refractivity contribution in [2.24, 2.45) is 5.73 Å². The van der Waals surface area contributed by atoms with Crippen LogP contribution < -0.4 is 5.73 Å². The molecule has 2 aromatic carbocycles. The molecule has 244 valence electrons. The largest absolute Gasteiger partial charge is 0.681 e. The second-order valence-electron chi connectivity index (χ2n) is 11.4. The molecule has 0 radical (unpaired) electrons. The third-order valence-electron chi connectivity index (χ3n) is 6.66. The van der Waals surface area contributed by atoms with Gasteiger partial charge in [0.25, 0.3) is 0 Å². The Morgan fingerprint density at radius 3 is 1.51 bits per heavy atom. The monoisotopic (exact) mass is 667 g/mol. The van der Waals surface area contributed by atoms with E-state index in [1.165, 1.54) is 32.1 Å². The molecule has 2 atom stereocenters. The summed E-state index contributed by atoms with van der Waals surface area (Å²) in [6.07, 6.45) is 8.33. The molecule has 7 nitrogen and oxygen atoms in total. The maximum absolute atomic E-state index is 7.66. The van der Waals surface area contributed by atoms with Gasteiger partial charge in [-0.15, -0.1) is 42.9 Å². The number of benzene rings is 2. The average molecular weight is 669 g/mol. The van der Waals surface area contributed by atoms with E-state index >= 15 is 0 Å². The van der Waals surface area contributed by atoms with Crippen molar-refractivity contribution in [1.29, 1.82) is 0 Å². The number of hydrogen-bond donors (Lipinski definition) is 1. The van der Waals surface area contributed by atoms with E-state index in [-0.39, 0.29) is 44.8 Å². The van der Waals surface area contributed by atoms with Crippen LogP contribution in [0.15, 0.2) is 60.7 Å². The van der Waals surface area contributed by atoms with Crippen molar-refractivity contribution in [3.05, 3.63) is 107 Å². The Morgan fingerprint density at radius 2 is 1.14 bits per heavy atom. The van der Waals surface area contributed by atoms with Crippen LogP contribution in [0.3, 0.4) is 0 Å². The molecule has 43 heavy (non-hydrogen) atoms. The first kappa shape index (κ1) is 41.8. The molecule has 0 amide bonds. The quantitative estimate of drug-likeness (QED) is 0.181. The van der Waals surface area contributed by atoms with Crippen LogP contribution in [0.1, 0.15) is 83.8 Å². The van der Waals surface area contributed by atoms with Crippen molar-refractivity contribution in [3.63, 3.8) is 0 Å². The maximum atomic E-state index is 7.66. The number of nitrogens with one attached hydrogen (secondary N) is 1. The van der Waals surface area contributed by atoms with Crippen LogP contribution in [0.25, 0.3) is 21.7 Å². The van der Waals surface area contributed by atoms with Gasteiger partial charge in [0.1, 0.15) is 0 Å². The third kappa shape index (κ3) is 22.9. The summed E-state index contributed by atoms with van der Waals surface area (Å²) in [5.74, 6) is 0. The summed E-state index contributed by atoms with van der Waals surface area (Å²) in [5, 5.41) is 13.7. The summed E-state index contributed by atoms with van der Waals surface area (Å²) in [6.45, 7) is 21.9. The molecule has 0 aromatic heterocycles. The minimum atomic E-state index is -0.308. The zero-order valence-electron chi connectivity index (χ0n) is 27.5. The third-order valence-corrected chi connectivity index (χ3v) is 6.66. The zero-order valence-corrected chi connectivity index (χ0v) is 30.0. The first-order chi connectivity index (χ1) is 20.2. The van der Waals surface area contributed by atoms with E-state index in [1.54, 1.807) is 0 Å². The van der Waals surface area contributed by atoms with E-state index < -0.39 is 0 Å². The van der Waals surface area contributed by atoms with Crippen LogP contribution >= 0.6 is 0 Å². The molecule has 2 saturated heterocycles. The minimum absolute atomic E-state index is 0. The molecule has 2 fully saturated rings. The van der Waals surface area contributed by atoms with Crippen molar-refractivity contribution in [3.8, 4) is 0 Å². The first-order valence-corrected chi connectivity index (χ1v) is 15.9. The Hall–Kier alpha value is -1.22. The van der Waals surface area contributed by atoms with E-state index in [1.807, 2.05) is 74.5 Å². The molecule has 0 bridgehead atoms. The fourth-order valence-corrected chi connectivity index (χ4v) is 4.45. The second-order valence-corrected chi connectivity index (χ2v) is 11.4. The van der Waals surface area contributed by atoms with E-state index in [0.717, 1.165) is 63.2 Å². The van der Waals surface area contributed by atoms with Crippen LogP contribution in [0.4, 0.5) is 0 Å². The molecule has 2 aliphatic rings. The second kappa shape index (κ2) is 27.1. The molecule has 2 heterocycles. The summed E-state index contributed by atoms with van der Waals surface area (Å²) in [6, 6.07) is 20.4. The van der Waals surface area contributed by atoms with Crippen LogP contribution in [0.5, 0.6) is 0 Å². The summed E-state index contributed by atoms with van der Waals surface area (Å²) >= 11 is 0. The van der Waals surface area contributed by atoms with Crippen molar-refractivity contribution >= 4 is 0 Å². The number of nitrogens with two attached hydrogens (primary N) is 1. The van der Waals surface area contributed by atoms with Gasteiger partial charge in [0.15, 0.2) is 0 Å². The van der Waals surface area contributed by atoms with Gasteiger partial charge in [-0.05, 0) is 64.8 Å². The fraction of sp³-hybridized carbons (Fsp3) is 0.600. The maximum Gasteiger partial charge on any atom is 0 e. The SMILES string of the molecule is CC(C)[N-]C([N-]CCCCCN)N1CCCC1.CC(C)[N-]C([NH-])N1CCCC1.[CH2-]c1ccccc1.[CH2-]c1ccccc1.[Zr]. The predicted octanol–water partition coefficient (Wildman–Crippen LogP) is 8.59. The van der Waals surface area contributed by atoms with E-state index in [4.69, 9.17) is 22.1 Å². The molecule has 2 unspecified atom stereocenters. The Kier molecular flexibility index (Phi) is 26.4. The van der Waals surface area contributed by atoms with Gasteiger partial charge < -0.3 is 37.2 Å². The molecule has 4 rings (SSSR count). The van der Waals surface area contributed by atoms with Gasteiger partial charge in [-0.1, -0.05) is 52.7 Å². The number of unbranched alkanes of at least 4 members (excludes halogenated alkanes) is 2. The standard InChI is InChI=1S/C13H28N4.C8H17N3.2C7H7.Zr/c1-12(2)16-13(17-10-6-7-11-17)15-9-5-3-4-8-14;1-7(2)10-8(9)11-5-3-4-6-11;2*1-7-5-3-2-4-6-7;/h12-13H,3-11,14H2,1-2H3;7-9H,3-6H2,1-2H3;2*2-6H,1H2;/q2*-2;2*-1;. The van der Waals surface area contributed by atoms with Crippen molar-refractivity contribution in [2.75, 3.05) is 39.3 Å². The Balaban J connectivity index is 0.000000582. The molecule has 0 aliphatic carbocycles. The topological polar surface area (TPSA) is 98.6 Å². The van der Waals surface area contributed by atoms with Gasteiger partial charge >= 0.3 is 0 Å². The van der Waals surface area contributed by atoms with Crippen LogP contribution in [0, 0.1) is 13.8 Å². The molecular formula is C35H59N7Zr-6. The van der Waals surface area contributed by atoms with Gasteiger partial charge in [-0.3, -0.25) is 0 Å². The smallest absolute Gasteiger partial charge is 0 e. The molecule has 2 aromatic rings. The van der Waals surface area contributed by atoms with Gasteiger partial charge in [0, 0.05) is 26.2 Å². The van der Waals surface area contributed by atoms with Crippen molar-refractivity contribution in [2.45, 2.75) is 97.3 Å². The van der Waals surface area contributed by atoms with Crippen molar-refractivity contribution in [1.82, 2.24) is 9.80 Å².